The third-order valence-electron chi connectivity index (χ3n) is 5.59. The molecule has 7 nitrogen and oxygen atoms in total. The predicted octanol–water partition coefficient (Wildman–Crippen LogP) is 4.61. The van der Waals surface area contributed by atoms with Crippen molar-refractivity contribution in [2.45, 2.75) is 18.6 Å². The van der Waals surface area contributed by atoms with Crippen LogP contribution in [0, 0.1) is 0 Å². The number of nitrogens with zero attached hydrogens (tertiary/aromatic N) is 3. The van der Waals surface area contributed by atoms with Crippen molar-refractivity contribution in [2.75, 3.05) is 0 Å². The molecule has 0 saturated carbocycles. The number of aromatic nitrogens is 2. The normalized spacial score (nSPS) is 17.7. The summed E-state index contributed by atoms with van der Waals surface area (Å²) in [6, 6.07) is 21.6. The van der Waals surface area contributed by atoms with Crippen molar-refractivity contribution in [1.29, 1.82) is 0 Å². The largest absolute Gasteiger partial charge is 0.478 e. The van der Waals surface area contributed by atoms with E-state index in [1.807, 2.05) is 48.5 Å². The molecule has 1 saturated heterocycles. The number of hydrogen-bond donors (Lipinski definition) is 2. The summed E-state index contributed by atoms with van der Waals surface area (Å²) in [5, 5.41) is 13.1. The van der Waals surface area contributed by atoms with Crippen molar-refractivity contribution in [2.24, 2.45) is 0 Å². The van der Waals surface area contributed by atoms with Crippen molar-refractivity contribution in [3.8, 4) is 11.3 Å². The smallest absolute Gasteiger partial charge is 0.335 e. The highest BCUT2D eigenvalue weighted by Gasteiger charge is 2.41. The Balaban J connectivity index is 1.51. The van der Waals surface area contributed by atoms with Crippen LogP contribution in [0.1, 0.15) is 39.6 Å². The maximum absolute atomic E-state index is 11.2. The van der Waals surface area contributed by atoms with Crippen LogP contribution in [0.4, 0.5) is 0 Å². The zero-order chi connectivity index (χ0) is 22.8. The molecule has 4 heterocycles. The van der Waals surface area contributed by atoms with Gasteiger partial charge in [0, 0.05) is 18.0 Å². The quantitative estimate of drug-likeness (QED) is 0.407. The first kappa shape index (κ1) is 20.8. The van der Waals surface area contributed by atoms with Crippen LogP contribution < -0.4 is 5.32 Å². The molecule has 8 heteroatoms. The lowest BCUT2D eigenvalue weighted by atomic mass is 10.0. The third kappa shape index (κ3) is 4.20. The molecule has 1 aliphatic heterocycles. The summed E-state index contributed by atoms with van der Waals surface area (Å²) in [6.45, 7) is 0.518. The molecule has 1 fully saturated rings. The Bertz CT molecular complexity index is 1280. The summed E-state index contributed by atoms with van der Waals surface area (Å²) < 4.78 is 6.29. The van der Waals surface area contributed by atoms with Gasteiger partial charge in [0.2, 0.25) is 0 Å². The van der Waals surface area contributed by atoms with E-state index >= 15 is 0 Å². The molecule has 4 aromatic rings. The Kier molecular flexibility index (Phi) is 5.58. The molecule has 0 unspecified atom stereocenters. The Hall–Kier alpha value is -4.04. The van der Waals surface area contributed by atoms with Crippen molar-refractivity contribution in [3.05, 3.63) is 108 Å². The average Bonchev–Trinajstić information content (AvgIpc) is 3.45. The van der Waals surface area contributed by atoms with Gasteiger partial charge >= 0.3 is 5.97 Å². The fraction of sp³-hybridized carbons (Fsp3) is 0.120. The minimum atomic E-state index is -0.962. The second-order valence-corrected chi connectivity index (χ2v) is 8.05. The molecule has 0 bridgehead atoms. The van der Waals surface area contributed by atoms with E-state index in [2.05, 4.69) is 20.2 Å². The molecule has 1 aromatic carbocycles. The fourth-order valence-corrected chi connectivity index (χ4v) is 4.30. The Morgan fingerprint density at radius 3 is 2.42 bits per heavy atom. The number of rotatable bonds is 6. The number of aromatic carboxylic acids is 1. The lowest BCUT2D eigenvalue weighted by molar-refractivity contribution is 0.0697. The summed E-state index contributed by atoms with van der Waals surface area (Å²) in [4.78, 5) is 22.2. The maximum Gasteiger partial charge on any atom is 0.335 e. The minimum absolute atomic E-state index is 0.198. The van der Waals surface area contributed by atoms with E-state index in [-0.39, 0.29) is 17.6 Å². The molecule has 2 atom stereocenters. The van der Waals surface area contributed by atoms with Crippen LogP contribution >= 0.6 is 12.2 Å². The van der Waals surface area contributed by atoms with Gasteiger partial charge in [-0.25, -0.2) is 4.79 Å². The molecule has 2 N–H and O–H groups in total. The Labute approximate surface area is 195 Å². The maximum atomic E-state index is 11.2. The van der Waals surface area contributed by atoms with Gasteiger partial charge in [-0.2, -0.15) is 0 Å². The van der Waals surface area contributed by atoms with E-state index in [1.165, 1.54) is 0 Å². The molecule has 0 aliphatic carbocycles. The number of carbonyl (C=O) groups is 1. The van der Waals surface area contributed by atoms with Crippen LogP contribution in [0.15, 0.2) is 89.6 Å². The van der Waals surface area contributed by atoms with E-state index in [0.29, 0.717) is 17.4 Å². The van der Waals surface area contributed by atoms with Crippen molar-refractivity contribution in [1.82, 2.24) is 20.2 Å². The zero-order valence-corrected chi connectivity index (χ0v) is 18.3. The second-order valence-electron chi connectivity index (χ2n) is 7.66. The van der Waals surface area contributed by atoms with Crippen LogP contribution in [0.5, 0.6) is 0 Å². The Morgan fingerprint density at radius 1 is 1.00 bits per heavy atom. The summed E-state index contributed by atoms with van der Waals surface area (Å²) in [5.74, 6) is 0.416. The summed E-state index contributed by atoms with van der Waals surface area (Å²) >= 11 is 5.69. The van der Waals surface area contributed by atoms with E-state index in [0.717, 1.165) is 22.7 Å². The highest BCUT2D eigenvalue weighted by molar-refractivity contribution is 7.80. The minimum Gasteiger partial charge on any atom is -0.478 e. The van der Waals surface area contributed by atoms with Gasteiger partial charge in [0.25, 0.3) is 0 Å². The number of hydrogen-bond acceptors (Lipinski definition) is 5. The van der Waals surface area contributed by atoms with Gasteiger partial charge in [-0.1, -0.05) is 24.3 Å². The average molecular weight is 457 g/mol. The number of carboxylic acid groups (broad SMARTS) is 1. The number of nitrogens with one attached hydrogen (secondary N) is 1. The van der Waals surface area contributed by atoms with Crippen LogP contribution in [-0.4, -0.2) is 31.1 Å². The van der Waals surface area contributed by atoms with E-state index in [4.69, 9.17) is 21.7 Å². The second kappa shape index (κ2) is 8.84. The van der Waals surface area contributed by atoms with E-state index in [9.17, 15) is 4.79 Å². The molecule has 164 valence electrons. The molecular formula is C25H20N4O3S. The number of furan rings is 1. The lowest BCUT2D eigenvalue weighted by Gasteiger charge is -2.25. The molecule has 0 radical (unpaired) electrons. The van der Waals surface area contributed by atoms with Gasteiger partial charge in [0.15, 0.2) is 5.11 Å². The van der Waals surface area contributed by atoms with Gasteiger partial charge in [0.05, 0.1) is 29.5 Å². The van der Waals surface area contributed by atoms with Crippen molar-refractivity contribution in [3.63, 3.8) is 0 Å². The molecule has 1 aliphatic rings. The van der Waals surface area contributed by atoms with Gasteiger partial charge in [0.1, 0.15) is 17.6 Å². The van der Waals surface area contributed by atoms with Gasteiger partial charge in [-0.15, -0.1) is 0 Å². The molecule has 5 rings (SSSR count). The monoisotopic (exact) mass is 456 g/mol. The summed E-state index contributed by atoms with van der Waals surface area (Å²) in [7, 11) is 0. The van der Waals surface area contributed by atoms with Gasteiger partial charge < -0.3 is 19.7 Å². The first-order valence-corrected chi connectivity index (χ1v) is 10.8. The molecular weight excluding hydrogens is 436 g/mol. The lowest BCUT2D eigenvalue weighted by Crippen LogP contribution is -2.29. The highest BCUT2D eigenvalue weighted by Crippen LogP contribution is 2.41. The van der Waals surface area contributed by atoms with Crippen LogP contribution in [-0.2, 0) is 6.54 Å². The predicted molar refractivity (Wildman–Crippen MR) is 126 cm³/mol. The first-order valence-electron chi connectivity index (χ1n) is 10.4. The number of benzene rings is 1. The third-order valence-corrected chi connectivity index (χ3v) is 5.94. The Morgan fingerprint density at radius 2 is 1.76 bits per heavy atom. The summed E-state index contributed by atoms with van der Waals surface area (Å²) in [5.41, 5.74) is 2.78. The van der Waals surface area contributed by atoms with E-state index in [1.54, 1.807) is 36.7 Å². The highest BCUT2D eigenvalue weighted by atomic mass is 32.1. The standard InChI is InChI=1S/C25H20N4O3S/c30-24(31)17-9-7-16(8-10-17)20-11-12-21(32-20)23-22(19-6-2-4-14-27-19)28-25(33)29(23)15-18-5-1-3-13-26-18/h1-14,22-23H,15H2,(H,28,33)(H,30,31)/t22-,23-/m0/s1. The van der Waals surface area contributed by atoms with Crippen LogP contribution in [0.25, 0.3) is 11.3 Å². The van der Waals surface area contributed by atoms with Crippen molar-refractivity contribution < 1.29 is 14.3 Å². The molecule has 0 spiro atoms. The zero-order valence-electron chi connectivity index (χ0n) is 17.5. The molecule has 33 heavy (non-hydrogen) atoms. The SMILES string of the molecule is O=C(O)c1ccc(-c2ccc([C@H]3[C@H](c4ccccn4)NC(=S)N3Cc3ccccn3)o2)cc1. The number of pyridine rings is 2. The van der Waals surface area contributed by atoms with Crippen LogP contribution in [0.2, 0.25) is 0 Å². The topological polar surface area (TPSA) is 91.5 Å². The van der Waals surface area contributed by atoms with Gasteiger partial charge in [-0.3, -0.25) is 9.97 Å². The summed E-state index contributed by atoms with van der Waals surface area (Å²) in [6.07, 6.45) is 3.52. The van der Waals surface area contributed by atoms with Crippen molar-refractivity contribution >= 4 is 23.3 Å². The number of thiocarbonyl (C=S) groups is 1. The number of carboxylic acids is 1. The van der Waals surface area contributed by atoms with E-state index < -0.39 is 5.97 Å². The fourth-order valence-electron chi connectivity index (χ4n) is 3.99. The molecule has 3 aromatic heterocycles. The van der Waals surface area contributed by atoms with Crippen LogP contribution in [0.3, 0.4) is 0 Å². The van der Waals surface area contributed by atoms with Gasteiger partial charge in [-0.05, 0) is 60.7 Å². The molecule has 0 amide bonds. The first-order chi connectivity index (χ1) is 16.1.